The highest BCUT2D eigenvalue weighted by Gasteiger charge is 2.33. The maximum atomic E-state index is 13.4. The van der Waals surface area contributed by atoms with Crippen molar-refractivity contribution in [3.63, 3.8) is 0 Å². The van der Waals surface area contributed by atoms with Gasteiger partial charge in [-0.3, -0.25) is 4.79 Å². The van der Waals surface area contributed by atoms with Gasteiger partial charge in [0.1, 0.15) is 4.88 Å². The molecule has 1 aliphatic rings. The first-order chi connectivity index (χ1) is 14.6. The van der Waals surface area contributed by atoms with Crippen molar-refractivity contribution in [1.82, 2.24) is 9.88 Å². The number of carbonyl (C=O) groups is 1. The number of hydrogen-bond acceptors (Lipinski definition) is 5. The second kappa shape index (κ2) is 8.88. The summed E-state index contributed by atoms with van der Waals surface area (Å²) in [7, 11) is 3.26. The Hall–Kier alpha value is -2.86. The van der Waals surface area contributed by atoms with Gasteiger partial charge < -0.3 is 14.4 Å². The zero-order valence-corrected chi connectivity index (χ0v) is 18.4. The number of ether oxygens (including phenoxy) is 2. The van der Waals surface area contributed by atoms with Gasteiger partial charge >= 0.3 is 0 Å². The highest BCUT2D eigenvalue weighted by molar-refractivity contribution is 7.13. The fourth-order valence-corrected chi connectivity index (χ4v) is 5.10. The number of benzene rings is 2. The topological polar surface area (TPSA) is 51.7 Å². The summed E-state index contributed by atoms with van der Waals surface area (Å²) in [5.41, 5.74) is 3.09. The molecule has 1 amide bonds. The minimum atomic E-state index is 0.0383. The number of thiazole rings is 1. The molecule has 30 heavy (non-hydrogen) atoms. The molecule has 0 aliphatic carbocycles. The standard InChI is InChI=1S/C24H26N2O3S/c1-16-23(30-22(25-16)14-17-8-5-4-6-9-17)24(27)26-13-7-10-19(26)18-11-12-20(28-2)21(15-18)29-3/h4-6,8-9,11-12,15,19H,7,10,13-14H2,1-3H3/t19-/m0/s1. The number of likely N-dealkylation sites (tertiary alicyclic amines) is 1. The number of amides is 1. The molecule has 0 bridgehead atoms. The third-order valence-corrected chi connectivity index (χ3v) is 6.68. The zero-order chi connectivity index (χ0) is 21.1. The van der Waals surface area contributed by atoms with Crippen LogP contribution in [0.5, 0.6) is 11.5 Å². The van der Waals surface area contributed by atoms with Crippen LogP contribution in [0.25, 0.3) is 0 Å². The SMILES string of the molecule is COc1ccc([C@@H]2CCCN2C(=O)c2sc(Cc3ccccc3)nc2C)cc1OC. The summed E-state index contributed by atoms with van der Waals surface area (Å²) in [6, 6.07) is 16.2. The van der Waals surface area contributed by atoms with Gasteiger partial charge in [0.25, 0.3) is 5.91 Å². The molecule has 2 aromatic carbocycles. The summed E-state index contributed by atoms with van der Waals surface area (Å²) in [5, 5.41) is 0.976. The lowest BCUT2D eigenvalue weighted by molar-refractivity contribution is 0.0739. The van der Waals surface area contributed by atoms with Crippen molar-refractivity contribution < 1.29 is 14.3 Å². The van der Waals surface area contributed by atoms with Crippen LogP contribution in [0, 0.1) is 6.92 Å². The van der Waals surface area contributed by atoms with E-state index in [1.807, 2.05) is 48.2 Å². The second-order valence-corrected chi connectivity index (χ2v) is 8.54. The average molecular weight is 423 g/mol. The highest BCUT2D eigenvalue weighted by Crippen LogP contribution is 2.38. The molecular weight excluding hydrogens is 396 g/mol. The van der Waals surface area contributed by atoms with Crippen molar-refractivity contribution in [3.05, 3.63) is 75.2 Å². The van der Waals surface area contributed by atoms with E-state index in [0.29, 0.717) is 11.5 Å². The Kier molecular flexibility index (Phi) is 6.04. The van der Waals surface area contributed by atoms with E-state index in [4.69, 9.17) is 9.47 Å². The van der Waals surface area contributed by atoms with Crippen LogP contribution in [0.3, 0.4) is 0 Å². The molecule has 1 fully saturated rings. The van der Waals surface area contributed by atoms with Gasteiger partial charge in [0.2, 0.25) is 0 Å². The Morgan fingerprint density at radius 3 is 2.63 bits per heavy atom. The van der Waals surface area contributed by atoms with Crippen LogP contribution in [-0.4, -0.2) is 36.6 Å². The molecular formula is C24H26N2O3S. The zero-order valence-electron chi connectivity index (χ0n) is 17.6. The third kappa shape index (κ3) is 4.05. The van der Waals surface area contributed by atoms with E-state index in [1.54, 1.807) is 14.2 Å². The minimum absolute atomic E-state index is 0.0383. The van der Waals surface area contributed by atoms with Gasteiger partial charge in [-0.25, -0.2) is 4.98 Å². The van der Waals surface area contributed by atoms with Gasteiger partial charge in [-0.15, -0.1) is 11.3 Å². The largest absolute Gasteiger partial charge is 0.493 e. The Morgan fingerprint density at radius 2 is 1.90 bits per heavy atom. The first kappa shape index (κ1) is 20.4. The molecule has 2 heterocycles. The van der Waals surface area contributed by atoms with E-state index >= 15 is 0 Å². The molecule has 3 aromatic rings. The van der Waals surface area contributed by atoms with Gasteiger partial charge in [-0.1, -0.05) is 36.4 Å². The fourth-order valence-electron chi connectivity index (χ4n) is 4.04. The Balaban J connectivity index is 1.57. The highest BCUT2D eigenvalue weighted by atomic mass is 32.1. The van der Waals surface area contributed by atoms with Crippen molar-refractivity contribution >= 4 is 17.2 Å². The third-order valence-electron chi connectivity index (χ3n) is 5.54. The molecule has 0 saturated carbocycles. The second-order valence-electron chi connectivity index (χ2n) is 7.46. The van der Waals surface area contributed by atoms with Gasteiger partial charge in [-0.2, -0.15) is 0 Å². The molecule has 1 aliphatic heterocycles. The van der Waals surface area contributed by atoms with Gasteiger partial charge in [-0.05, 0) is 43.0 Å². The summed E-state index contributed by atoms with van der Waals surface area (Å²) < 4.78 is 10.8. The normalized spacial score (nSPS) is 16.0. The van der Waals surface area contributed by atoms with Crippen molar-refractivity contribution in [3.8, 4) is 11.5 Å². The van der Waals surface area contributed by atoms with Crippen molar-refractivity contribution in [2.24, 2.45) is 0 Å². The Labute approximate surface area is 181 Å². The summed E-state index contributed by atoms with van der Waals surface area (Å²) in [5.74, 6) is 1.45. The van der Waals surface area contributed by atoms with Gasteiger partial charge in [0.05, 0.1) is 31.0 Å². The van der Waals surface area contributed by atoms with Crippen LogP contribution in [-0.2, 0) is 6.42 Å². The molecule has 5 nitrogen and oxygen atoms in total. The predicted molar refractivity (Wildman–Crippen MR) is 119 cm³/mol. The molecule has 1 atom stereocenters. The van der Waals surface area contributed by atoms with Crippen LogP contribution < -0.4 is 9.47 Å². The number of hydrogen-bond donors (Lipinski definition) is 0. The first-order valence-electron chi connectivity index (χ1n) is 10.1. The van der Waals surface area contributed by atoms with Gasteiger partial charge in [0.15, 0.2) is 11.5 Å². The number of nitrogens with zero attached hydrogens (tertiary/aromatic N) is 2. The van der Waals surface area contributed by atoms with Crippen LogP contribution in [0.15, 0.2) is 48.5 Å². The van der Waals surface area contributed by atoms with Crippen molar-refractivity contribution in [2.75, 3.05) is 20.8 Å². The van der Waals surface area contributed by atoms with Crippen LogP contribution in [0.4, 0.5) is 0 Å². The maximum absolute atomic E-state index is 13.4. The van der Waals surface area contributed by atoms with E-state index in [1.165, 1.54) is 16.9 Å². The lowest BCUT2D eigenvalue weighted by atomic mass is 10.0. The molecule has 0 radical (unpaired) electrons. The quantitative estimate of drug-likeness (QED) is 0.559. The van der Waals surface area contributed by atoms with E-state index in [-0.39, 0.29) is 11.9 Å². The lowest BCUT2D eigenvalue weighted by Gasteiger charge is -2.25. The molecule has 1 aromatic heterocycles. The predicted octanol–water partition coefficient (Wildman–Crippen LogP) is 5.04. The first-order valence-corrected chi connectivity index (χ1v) is 11.0. The van der Waals surface area contributed by atoms with E-state index in [9.17, 15) is 4.79 Å². The number of aryl methyl sites for hydroxylation is 1. The molecule has 0 unspecified atom stereocenters. The van der Waals surface area contributed by atoms with Crippen molar-refractivity contribution in [2.45, 2.75) is 32.2 Å². The van der Waals surface area contributed by atoms with Crippen LogP contribution in [0.2, 0.25) is 0 Å². The van der Waals surface area contributed by atoms with Crippen LogP contribution in [0.1, 0.15) is 50.4 Å². The fraction of sp³-hybridized carbons (Fsp3) is 0.333. The lowest BCUT2D eigenvalue weighted by Crippen LogP contribution is -2.30. The number of aromatic nitrogens is 1. The minimum Gasteiger partial charge on any atom is -0.493 e. The summed E-state index contributed by atoms with van der Waals surface area (Å²) in [6.45, 7) is 2.68. The molecule has 4 rings (SSSR count). The summed E-state index contributed by atoms with van der Waals surface area (Å²) >= 11 is 1.51. The molecule has 6 heteroatoms. The van der Waals surface area contributed by atoms with Crippen LogP contribution >= 0.6 is 11.3 Å². The molecule has 1 saturated heterocycles. The maximum Gasteiger partial charge on any atom is 0.266 e. The number of carbonyl (C=O) groups excluding carboxylic acids is 1. The number of rotatable bonds is 6. The Morgan fingerprint density at radius 1 is 1.13 bits per heavy atom. The smallest absolute Gasteiger partial charge is 0.266 e. The monoisotopic (exact) mass is 422 g/mol. The summed E-state index contributed by atoms with van der Waals surface area (Å²) in [4.78, 5) is 20.8. The molecule has 0 spiro atoms. The summed E-state index contributed by atoms with van der Waals surface area (Å²) in [6.07, 6.45) is 2.67. The Bertz CT molecular complexity index is 1030. The molecule has 156 valence electrons. The average Bonchev–Trinajstić information content (AvgIpc) is 3.40. The van der Waals surface area contributed by atoms with E-state index < -0.39 is 0 Å². The molecule has 0 N–H and O–H groups in total. The van der Waals surface area contributed by atoms with E-state index in [2.05, 4.69) is 17.1 Å². The van der Waals surface area contributed by atoms with Crippen molar-refractivity contribution in [1.29, 1.82) is 0 Å². The van der Waals surface area contributed by atoms with Gasteiger partial charge in [0, 0.05) is 13.0 Å². The number of methoxy groups -OCH3 is 2. The van der Waals surface area contributed by atoms with E-state index in [0.717, 1.165) is 46.9 Å².